The van der Waals surface area contributed by atoms with E-state index < -0.39 is 17.9 Å². The van der Waals surface area contributed by atoms with Crippen LogP contribution in [0.4, 0.5) is 5.69 Å². The molecule has 0 saturated heterocycles. The summed E-state index contributed by atoms with van der Waals surface area (Å²) < 4.78 is 0. The lowest BCUT2D eigenvalue weighted by Gasteiger charge is -2.14. The monoisotopic (exact) mass is 276 g/mol. The van der Waals surface area contributed by atoms with Crippen molar-refractivity contribution < 1.29 is 14.7 Å². The van der Waals surface area contributed by atoms with Crippen molar-refractivity contribution in [1.82, 2.24) is 0 Å². The largest absolute Gasteiger partial charge is 0.480 e. The van der Waals surface area contributed by atoms with E-state index in [1.165, 1.54) is 12.1 Å². The van der Waals surface area contributed by atoms with E-state index in [1.807, 2.05) is 0 Å². The highest BCUT2D eigenvalue weighted by molar-refractivity contribution is 6.42. The van der Waals surface area contributed by atoms with Gasteiger partial charge in [-0.2, -0.15) is 0 Å². The number of carbonyl (C=O) groups is 2. The second-order valence-electron chi connectivity index (χ2n) is 3.33. The van der Waals surface area contributed by atoms with Crippen LogP contribution in [0.15, 0.2) is 18.2 Å². The number of amides is 1. The topological polar surface area (TPSA) is 92.4 Å². The van der Waals surface area contributed by atoms with Crippen LogP contribution in [0.25, 0.3) is 0 Å². The molecule has 0 aliphatic carbocycles. The van der Waals surface area contributed by atoms with Crippen LogP contribution in [0.2, 0.25) is 10.0 Å². The number of anilines is 1. The van der Waals surface area contributed by atoms with E-state index in [2.05, 4.69) is 5.32 Å². The van der Waals surface area contributed by atoms with E-state index in [-0.39, 0.29) is 6.42 Å². The van der Waals surface area contributed by atoms with Crippen molar-refractivity contribution in [1.29, 1.82) is 0 Å². The Morgan fingerprint density at radius 3 is 2.47 bits per heavy atom. The number of hydrogen-bond acceptors (Lipinski definition) is 3. The van der Waals surface area contributed by atoms with E-state index >= 15 is 0 Å². The summed E-state index contributed by atoms with van der Waals surface area (Å²) in [5.41, 5.74) is 5.40. The molecule has 0 heterocycles. The third-order valence-corrected chi connectivity index (χ3v) is 2.70. The van der Waals surface area contributed by atoms with Crippen molar-refractivity contribution in [2.75, 3.05) is 5.32 Å². The van der Waals surface area contributed by atoms with Gasteiger partial charge in [-0.25, -0.2) is 4.79 Å². The second-order valence-corrected chi connectivity index (χ2v) is 4.15. The molecule has 17 heavy (non-hydrogen) atoms. The molecule has 7 heteroatoms. The first-order chi connectivity index (χ1) is 7.90. The van der Waals surface area contributed by atoms with Gasteiger partial charge in [-0.1, -0.05) is 23.2 Å². The van der Waals surface area contributed by atoms with E-state index in [0.717, 1.165) is 0 Å². The lowest BCUT2D eigenvalue weighted by Crippen LogP contribution is -2.33. The van der Waals surface area contributed by atoms with Crippen molar-refractivity contribution >= 4 is 40.8 Å². The molecule has 1 rings (SSSR count). The lowest BCUT2D eigenvalue weighted by molar-refractivity contribution is -0.139. The van der Waals surface area contributed by atoms with Crippen LogP contribution < -0.4 is 11.1 Å². The number of aliphatic carboxylic acids is 1. The zero-order chi connectivity index (χ0) is 13.0. The van der Waals surface area contributed by atoms with Gasteiger partial charge in [0.15, 0.2) is 0 Å². The third-order valence-electron chi connectivity index (χ3n) is 1.96. The average molecular weight is 277 g/mol. The van der Waals surface area contributed by atoms with E-state index in [4.69, 9.17) is 34.0 Å². The van der Waals surface area contributed by atoms with Gasteiger partial charge in [0, 0.05) is 5.69 Å². The Hall–Kier alpha value is -1.46. The Morgan fingerprint density at radius 2 is 2.00 bits per heavy atom. The Bertz CT molecular complexity index is 451. The summed E-state index contributed by atoms with van der Waals surface area (Å²) in [5, 5.41) is 12.2. The second kappa shape index (κ2) is 5.75. The Labute approximate surface area is 108 Å². The maximum Gasteiger partial charge on any atom is 0.326 e. The fourth-order valence-electron chi connectivity index (χ4n) is 1.19. The summed E-state index contributed by atoms with van der Waals surface area (Å²) in [4.78, 5) is 21.6. The predicted octanol–water partition coefficient (Wildman–Crippen LogP) is 1.73. The standard InChI is InChI=1S/C10H10Cl2N2O3/c11-6-2-1-5(3-7(6)12)14-8(10(16)17)4-9(13)15/h1-3,8,14H,4H2,(H2,13,15)(H,16,17)/t8-/m1/s1. The van der Waals surface area contributed by atoms with Crippen molar-refractivity contribution in [3.8, 4) is 0 Å². The Balaban J connectivity index is 2.82. The smallest absolute Gasteiger partial charge is 0.326 e. The average Bonchev–Trinajstić information content (AvgIpc) is 2.21. The molecular weight excluding hydrogens is 267 g/mol. The van der Waals surface area contributed by atoms with Gasteiger partial charge in [-0.3, -0.25) is 4.79 Å². The van der Waals surface area contributed by atoms with Crippen LogP contribution >= 0.6 is 23.2 Å². The molecular formula is C10H10Cl2N2O3. The molecule has 1 amide bonds. The van der Waals surface area contributed by atoms with Gasteiger partial charge < -0.3 is 16.2 Å². The van der Waals surface area contributed by atoms with E-state index in [9.17, 15) is 9.59 Å². The maximum absolute atomic E-state index is 10.9. The van der Waals surface area contributed by atoms with Crippen molar-refractivity contribution in [2.24, 2.45) is 5.73 Å². The highest BCUT2D eigenvalue weighted by Crippen LogP contribution is 2.25. The number of benzene rings is 1. The van der Waals surface area contributed by atoms with Crippen molar-refractivity contribution in [2.45, 2.75) is 12.5 Å². The molecule has 0 unspecified atom stereocenters. The number of primary amides is 1. The Kier molecular flexibility index (Phi) is 4.60. The van der Waals surface area contributed by atoms with Crippen LogP contribution in [-0.4, -0.2) is 23.0 Å². The fraction of sp³-hybridized carbons (Fsp3) is 0.200. The van der Waals surface area contributed by atoms with Crippen LogP contribution in [0.5, 0.6) is 0 Å². The summed E-state index contributed by atoms with van der Waals surface area (Å²) in [6.07, 6.45) is -0.310. The number of carboxylic acids is 1. The minimum absolute atomic E-state index is 0.292. The third kappa shape index (κ3) is 4.13. The van der Waals surface area contributed by atoms with Crippen LogP contribution in [0.3, 0.4) is 0 Å². The van der Waals surface area contributed by atoms with Gasteiger partial charge >= 0.3 is 5.97 Å². The molecule has 4 N–H and O–H groups in total. The molecule has 0 bridgehead atoms. The van der Waals surface area contributed by atoms with Crippen molar-refractivity contribution in [3.05, 3.63) is 28.2 Å². The number of nitrogens with two attached hydrogens (primary N) is 1. The molecule has 1 atom stereocenters. The number of carbonyl (C=O) groups excluding carboxylic acids is 1. The first-order valence-electron chi connectivity index (χ1n) is 4.63. The van der Waals surface area contributed by atoms with Gasteiger partial charge in [0.1, 0.15) is 6.04 Å². The molecule has 0 fully saturated rings. The maximum atomic E-state index is 10.9. The number of carboxylic acid groups (broad SMARTS) is 1. The minimum Gasteiger partial charge on any atom is -0.480 e. The molecule has 1 aromatic rings. The summed E-state index contributed by atoms with van der Waals surface area (Å²) >= 11 is 11.5. The van der Waals surface area contributed by atoms with Gasteiger partial charge in [-0.15, -0.1) is 0 Å². The van der Waals surface area contributed by atoms with Gasteiger partial charge in [-0.05, 0) is 18.2 Å². The zero-order valence-electron chi connectivity index (χ0n) is 8.61. The van der Waals surface area contributed by atoms with Gasteiger partial charge in [0.2, 0.25) is 5.91 Å². The fourth-order valence-corrected chi connectivity index (χ4v) is 1.49. The lowest BCUT2D eigenvalue weighted by atomic mass is 10.2. The number of halogens is 2. The SMILES string of the molecule is NC(=O)C[C@@H](Nc1ccc(Cl)c(Cl)c1)C(=O)O. The number of rotatable bonds is 5. The van der Waals surface area contributed by atoms with Crippen LogP contribution in [-0.2, 0) is 9.59 Å². The molecule has 0 aliphatic rings. The first kappa shape index (κ1) is 13.6. The minimum atomic E-state index is -1.17. The summed E-state index contributed by atoms with van der Waals surface area (Å²) in [6.45, 7) is 0. The number of hydrogen-bond donors (Lipinski definition) is 3. The summed E-state index contributed by atoms with van der Waals surface area (Å²) in [6, 6.07) is 3.46. The van der Waals surface area contributed by atoms with E-state index in [1.54, 1.807) is 6.07 Å². The Morgan fingerprint density at radius 1 is 1.35 bits per heavy atom. The van der Waals surface area contributed by atoms with Gasteiger partial charge in [0.25, 0.3) is 0 Å². The van der Waals surface area contributed by atoms with Gasteiger partial charge in [0.05, 0.1) is 16.5 Å². The summed E-state index contributed by atoms with van der Waals surface area (Å²) in [7, 11) is 0. The molecule has 0 spiro atoms. The van der Waals surface area contributed by atoms with Crippen molar-refractivity contribution in [3.63, 3.8) is 0 Å². The highest BCUT2D eigenvalue weighted by Gasteiger charge is 2.19. The van der Waals surface area contributed by atoms with Crippen LogP contribution in [0, 0.1) is 0 Å². The van der Waals surface area contributed by atoms with E-state index in [0.29, 0.717) is 15.7 Å². The molecule has 0 aromatic heterocycles. The zero-order valence-corrected chi connectivity index (χ0v) is 10.1. The molecule has 0 aliphatic heterocycles. The highest BCUT2D eigenvalue weighted by atomic mass is 35.5. The summed E-state index contributed by atoms with van der Waals surface area (Å²) in [5.74, 6) is -1.88. The molecule has 5 nitrogen and oxygen atoms in total. The molecule has 0 saturated carbocycles. The van der Waals surface area contributed by atoms with Crippen LogP contribution in [0.1, 0.15) is 6.42 Å². The quantitative estimate of drug-likeness (QED) is 0.764. The molecule has 0 radical (unpaired) electrons. The molecule has 1 aromatic carbocycles. The normalized spacial score (nSPS) is 11.9. The molecule has 92 valence electrons. The predicted molar refractivity (Wildman–Crippen MR) is 65.3 cm³/mol. The number of nitrogens with one attached hydrogen (secondary N) is 1. The first-order valence-corrected chi connectivity index (χ1v) is 5.38.